The zero-order valence-electron chi connectivity index (χ0n) is 12.8. The Hall–Kier alpha value is -3.07. The maximum atomic E-state index is 12.4. The molecule has 0 bridgehead atoms. The fourth-order valence-electron chi connectivity index (χ4n) is 2.55. The monoisotopic (exact) mass is 303 g/mol. The summed E-state index contributed by atoms with van der Waals surface area (Å²) < 4.78 is 0. The summed E-state index contributed by atoms with van der Waals surface area (Å²) in [5.41, 5.74) is 2.45. The minimum atomic E-state index is -0.0502. The molecule has 0 atom stereocenters. The molecule has 0 heterocycles. The quantitative estimate of drug-likeness (QED) is 0.418. The first-order valence-corrected chi connectivity index (χ1v) is 7.40. The molecular weight excluding hydrogens is 286 g/mol. The third-order valence-corrected chi connectivity index (χ3v) is 3.74. The van der Waals surface area contributed by atoms with Crippen LogP contribution in [-0.4, -0.2) is 10.9 Å². The van der Waals surface area contributed by atoms with E-state index in [-0.39, 0.29) is 11.5 Å². The van der Waals surface area contributed by atoms with Crippen LogP contribution in [0.25, 0.3) is 10.8 Å². The summed E-state index contributed by atoms with van der Waals surface area (Å²) in [4.78, 5) is 12.4. The number of aromatic hydroxyl groups is 1. The van der Waals surface area contributed by atoms with Gasteiger partial charge in [0.05, 0.1) is 0 Å². The van der Waals surface area contributed by atoms with Crippen molar-refractivity contribution in [3.63, 3.8) is 0 Å². The van der Waals surface area contributed by atoms with Crippen LogP contribution < -0.4 is 5.32 Å². The number of carbonyl (C=O) groups is 1. The summed E-state index contributed by atoms with van der Waals surface area (Å²) in [7, 11) is 0. The Kier molecular flexibility index (Phi) is 4.11. The first-order chi connectivity index (χ1) is 11.1. The number of ketones is 1. The van der Waals surface area contributed by atoms with Crippen molar-refractivity contribution in [1.82, 2.24) is 0 Å². The molecule has 0 spiro atoms. The molecule has 0 radical (unpaired) electrons. The molecule has 0 unspecified atom stereocenters. The first kappa shape index (κ1) is 14.9. The van der Waals surface area contributed by atoms with Gasteiger partial charge in [0.15, 0.2) is 5.78 Å². The van der Waals surface area contributed by atoms with Gasteiger partial charge in [0.25, 0.3) is 0 Å². The summed E-state index contributed by atoms with van der Waals surface area (Å²) in [5, 5.41) is 14.5. The van der Waals surface area contributed by atoms with Crippen molar-refractivity contribution >= 4 is 22.2 Å². The van der Waals surface area contributed by atoms with E-state index in [0.717, 1.165) is 22.0 Å². The van der Waals surface area contributed by atoms with Crippen LogP contribution in [0.15, 0.2) is 72.9 Å². The Bertz CT molecular complexity index is 892. The number of hydrogen-bond acceptors (Lipinski definition) is 3. The van der Waals surface area contributed by atoms with Crippen LogP contribution in [0.1, 0.15) is 15.9 Å². The topological polar surface area (TPSA) is 49.3 Å². The van der Waals surface area contributed by atoms with Crippen molar-refractivity contribution in [3.8, 4) is 5.75 Å². The van der Waals surface area contributed by atoms with Gasteiger partial charge in [0.1, 0.15) is 5.75 Å². The van der Waals surface area contributed by atoms with Crippen molar-refractivity contribution in [2.75, 3.05) is 5.32 Å². The van der Waals surface area contributed by atoms with Crippen molar-refractivity contribution in [1.29, 1.82) is 0 Å². The number of phenols is 1. The molecule has 3 nitrogen and oxygen atoms in total. The lowest BCUT2D eigenvalue weighted by Gasteiger charge is -2.06. The fourth-order valence-corrected chi connectivity index (χ4v) is 2.55. The standard InChI is InChI=1S/C20H17NO2/c1-14-13-16(22)9-10-19(14)21-12-11-20(23)18-8-4-6-15-5-2-3-7-17(15)18/h2-13,21-22H,1H3/b12-11+. The van der Waals surface area contributed by atoms with Gasteiger partial charge in [-0.1, -0.05) is 42.5 Å². The summed E-state index contributed by atoms with van der Waals surface area (Å²) in [6.45, 7) is 1.89. The van der Waals surface area contributed by atoms with Crippen LogP contribution in [0.4, 0.5) is 5.69 Å². The summed E-state index contributed by atoms with van der Waals surface area (Å²) in [5.74, 6) is 0.176. The molecule has 3 aromatic carbocycles. The van der Waals surface area contributed by atoms with Gasteiger partial charge in [0, 0.05) is 23.5 Å². The molecule has 2 N–H and O–H groups in total. The van der Waals surface area contributed by atoms with Crippen molar-refractivity contribution in [3.05, 3.63) is 84.1 Å². The minimum absolute atomic E-state index is 0.0502. The lowest BCUT2D eigenvalue weighted by molar-refractivity contribution is 0.104. The number of rotatable bonds is 4. The van der Waals surface area contributed by atoms with Gasteiger partial charge in [-0.15, -0.1) is 0 Å². The number of phenolic OH excluding ortho intramolecular Hbond substituents is 1. The van der Waals surface area contributed by atoms with Crippen LogP contribution in [-0.2, 0) is 0 Å². The second-order valence-electron chi connectivity index (χ2n) is 5.37. The highest BCUT2D eigenvalue weighted by Gasteiger charge is 2.06. The fraction of sp³-hybridized carbons (Fsp3) is 0.0500. The number of fused-ring (bicyclic) bond motifs is 1. The largest absolute Gasteiger partial charge is 0.508 e. The normalized spacial score (nSPS) is 11.0. The Morgan fingerprint density at radius 2 is 1.83 bits per heavy atom. The van der Waals surface area contributed by atoms with E-state index in [1.165, 1.54) is 6.08 Å². The summed E-state index contributed by atoms with van der Waals surface area (Å²) in [6, 6.07) is 18.6. The molecule has 0 aliphatic rings. The Balaban J connectivity index is 1.80. The second kappa shape index (κ2) is 6.36. The number of carbonyl (C=O) groups excluding carboxylic acids is 1. The smallest absolute Gasteiger partial charge is 0.187 e. The van der Waals surface area contributed by atoms with Gasteiger partial charge < -0.3 is 10.4 Å². The number of allylic oxidation sites excluding steroid dienone is 1. The average molecular weight is 303 g/mol. The SMILES string of the molecule is Cc1cc(O)ccc1N/C=C/C(=O)c1cccc2ccccc12. The van der Waals surface area contributed by atoms with E-state index >= 15 is 0 Å². The maximum Gasteiger partial charge on any atom is 0.187 e. The molecule has 114 valence electrons. The highest BCUT2D eigenvalue weighted by Crippen LogP contribution is 2.21. The Morgan fingerprint density at radius 3 is 2.65 bits per heavy atom. The van der Waals surface area contributed by atoms with Gasteiger partial charge in [-0.2, -0.15) is 0 Å². The summed E-state index contributed by atoms with van der Waals surface area (Å²) >= 11 is 0. The van der Waals surface area contributed by atoms with E-state index in [9.17, 15) is 9.90 Å². The molecule has 23 heavy (non-hydrogen) atoms. The van der Waals surface area contributed by atoms with E-state index in [1.807, 2.05) is 49.4 Å². The molecular formula is C20H17NO2. The maximum absolute atomic E-state index is 12.4. The van der Waals surface area contributed by atoms with Crippen molar-refractivity contribution in [2.45, 2.75) is 6.92 Å². The van der Waals surface area contributed by atoms with Crippen LogP contribution in [0.3, 0.4) is 0 Å². The van der Waals surface area contributed by atoms with Crippen LogP contribution in [0.5, 0.6) is 5.75 Å². The molecule has 0 saturated carbocycles. The van der Waals surface area contributed by atoms with Gasteiger partial charge in [-0.3, -0.25) is 4.79 Å². The number of aryl methyl sites for hydroxylation is 1. The zero-order chi connectivity index (χ0) is 16.2. The zero-order valence-corrected chi connectivity index (χ0v) is 12.8. The third-order valence-electron chi connectivity index (χ3n) is 3.74. The molecule has 3 heteroatoms. The average Bonchev–Trinajstić information content (AvgIpc) is 2.56. The van der Waals surface area contributed by atoms with Gasteiger partial charge in [-0.25, -0.2) is 0 Å². The van der Waals surface area contributed by atoms with Crippen LogP contribution in [0.2, 0.25) is 0 Å². The lowest BCUT2D eigenvalue weighted by Crippen LogP contribution is -1.98. The van der Waals surface area contributed by atoms with E-state index < -0.39 is 0 Å². The number of benzene rings is 3. The highest BCUT2D eigenvalue weighted by atomic mass is 16.3. The lowest BCUT2D eigenvalue weighted by atomic mass is 10.0. The van der Waals surface area contributed by atoms with E-state index in [1.54, 1.807) is 24.4 Å². The molecule has 0 aliphatic heterocycles. The molecule has 0 amide bonds. The van der Waals surface area contributed by atoms with E-state index in [4.69, 9.17) is 0 Å². The van der Waals surface area contributed by atoms with E-state index in [0.29, 0.717) is 5.56 Å². The number of anilines is 1. The Morgan fingerprint density at radius 1 is 1.04 bits per heavy atom. The first-order valence-electron chi connectivity index (χ1n) is 7.40. The molecule has 0 aromatic heterocycles. The molecule has 0 aliphatic carbocycles. The summed E-state index contributed by atoms with van der Waals surface area (Å²) in [6.07, 6.45) is 3.15. The van der Waals surface area contributed by atoms with Crippen LogP contribution >= 0.6 is 0 Å². The van der Waals surface area contributed by atoms with Gasteiger partial charge in [0.2, 0.25) is 0 Å². The molecule has 0 fully saturated rings. The predicted molar refractivity (Wildman–Crippen MR) is 93.9 cm³/mol. The van der Waals surface area contributed by atoms with Crippen molar-refractivity contribution < 1.29 is 9.90 Å². The minimum Gasteiger partial charge on any atom is -0.508 e. The predicted octanol–water partition coefficient (Wildman–Crippen LogP) is 4.66. The highest BCUT2D eigenvalue weighted by molar-refractivity contribution is 6.13. The van der Waals surface area contributed by atoms with Crippen LogP contribution in [0, 0.1) is 6.92 Å². The molecule has 3 rings (SSSR count). The van der Waals surface area contributed by atoms with Crippen molar-refractivity contribution in [2.24, 2.45) is 0 Å². The molecule has 0 saturated heterocycles. The molecule has 3 aromatic rings. The third kappa shape index (κ3) is 3.24. The Labute approximate surface area is 134 Å². The van der Waals surface area contributed by atoms with Gasteiger partial charge in [-0.05, 0) is 41.5 Å². The number of hydrogen-bond donors (Lipinski definition) is 2. The van der Waals surface area contributed by atoms with Gasteiger partial charge >= 0.3 is 0 Å². The van der Waals surface area contributed by atoms with E-state index in [2.05, 4.69) is 5.32 Å². The second-order valence-corrected chi connectivity index (χ2v) is 5.37. The number of nitrogens with one attached hydrogen (secondary N) is 1.